The first-order valence-electron chi connectivity index (χ1n) is 7.74. The zero-order chi connectivity index (χ0) is 14.5. The van der Waals surface area contributed by atoms with Gasteiger partial charge >= 0.3 is 0 Å². The first-order valence-corrected chi connectivity index (χ1v) is 7.74. The molecule has 1 aromatic rings. The fraction of sp³-hybridized carbons (Fsp3) is 0.588. The second-order valence-corrected chi connectivity index (χ2v) is 5.83. The van der Waals surface area contributed by atoms with Crippen LogP contribution in [-0.2, 0) is 11.2 Å². The highest BCUT2D eigenvalue weighted by atomic mass is 16.2. The Bertz CT molecular complexity index is 470. The van der Waals surface area contributed by atoms with Gasteiger partial charge in [-0.25, -0.2) is 0 Å². The Hall–Kier alpha value is -1.35. The van der Waals surface area contributed by atoms with E-state index in [0.717, 1.165) is 24.2 Å². The lowest BCUT2D eigenvalue weighted by Crippen LogP contribution is -2.42. The molecule has 110 valence electrons. The van der Waals surface area contributed by atoms with Crippen LogP contribution in [-0.4, -0.2) is 29.9 Å². The molecule has 0 spiro atoms. The van der Waals surface area contributed by atoms with Crippen molar-refractivity contribution in [3.63, 3.8) is 0 Å². The number of piperidine rings is 1. The summed E-state index contributed by atoms with van der Waals surface area (Å²) in [7, 11) is 0. The number of rotatable bonds is 4. The lowest BCUT2D eigenvalue weighted by Gasteiger charge is -2.32. The largest absolute Gasteiger partial charge is 0.324 e. The third-order valence-electron chi connectivity index (χ3n) is 4.29. The first kappa shape index (κ1) is 15.0. The van der Waals surface area contributed by atoms with Gasteiger partial charge in [-0.1, -0.05) is 31.5 Å². The second kappa shape index (κ2) is 6.89. The molecular weight excluding hydrogens is 248 g/mol. The molecule has 3 heteroatoms. The molecule has 0 saturated carbocycles. The highest BCUT2D eigenvalue weighted by Crippen LogP contribution is 2.21. The van der Waals surface area contributed by atoms with Crippen LogP contribution >= 0.6 is 0 Å². The van der Waals surface area contributed by atoms with Crippen molar-refractivity contribution in [3.8, 4) is 0 Å². The minimum absolute atomic E-state index is 0.114. The normalized spacial score (nSPS) is 19.9. The van der Waals surface area contributed by atoms with Crippen LogP contribution < -0.4 is 5.32 Å². The molecule has 0 aliphatic carbocycles. The topological polar surface area (TPSA) is 32.3 Å². The van der Waals surface area contributed by atoms with E-state index >= 15 is 0 Å². The maximum atomic E-state index is 12.3. The summed E-state index contributed by atoms with van der Waals surface area (Å²) in [6.45, 7) is 7.95. The molecule has 1 aromatic carbocycles. The SMILES string of the molecule is CCc1cccc(C)c1NC(=O)CN1CCCC[C@H]1C. The molecule has 2 rings (SSSR count). The molecule has 0 radical (unpaired) electrons. The minimum atomic E-state index is 0.114. The smallest absolute Gasteiger partial charge is 0.238 e. The van der Waals surface area contributed by atoms with Crippen LogP contribution in [0.5, 0.6) is 0 Å². The van der Waals surface area contributed by atoms with Crippen LogP contribution in [0.25, 0.3) is 0 Å². The molecule has 1 heterocycles. The number of carbonyl (C=O) groups excluding carboxylic acids is 1. The number of hydrogen-bond acceptors (Lipinski definition) is 2. The number of anilines is 1. The Balaban J connectivity index is 2.01. The van der Waals surface area contributed by atoms with Crippen molar-refractivity contribution in [2.75, 3.05) is 18.4 Å². The lowest BCUT2D eigenvalue weighted by atomic mass is 10.0. The lowest BCUT2D eigenvalue weighted by molar-refractivity contribution is -0.118. The van der Waals surface area contributed by atoms with Gasteiger partial charge in [0.15, 0.2) is 0 Å². The van der Waals surface area contributed by atoms with E-state index in [1.165, 1.54) is 24.8 Å². The van der Waals surface area contributed by atoms with Gasteiger partial charge in [-0.3, -0.25) is 9.69 Å². The van der Waals surface area contributed by atoms with Crippen LogP contribution in [0, 0.1) is 6.92 Å². The summed E-state index contributed by atoms with van der Waals surface area (Å²) in [4.78, 5) is 14.6. The fourth-order valence-corrected chi connectivity index (χ4v) is 2.96. The van der Waals surface area contributed by atoms with Crippen molar-refractivity contribution in [3.05, 3.63) is 29.3 Å². The molecule has 1 fully saturated rings. The molecule has 1 aliphatic rings. The number of carbonyl (C=O) groups is 1. The number of amides is 1. The number of hydrogen-bond donors (Lipinski definition) is 1. The Morgan fingerprint density at radius 2 is 2.20 bits per heavy atom. The van der Waals surface area contributed by atoms with Gasteiger partial charge in [0.05, 0.1) is 6.54 Å². The fourth-order valence-electron chi connectivity index (χ4n) is 2.96. The van der Waals surface area contributed by atoms with Crippen molar-refractivity contribution >= 4 is 11.6 Å². The van der Waals surface area contributed by atoms with Gasteiger partial charge in [0, 0.05) is 11.7 Å². The average molecular weight is 274 g/mol. The summed E-state index contributed by atoms with van der Waals surface area (Å²) in [6.07, 6.45) is 4.65. The second-order valence-electron chi connectivity index (χ2n) is 5.83. The Morgan fingerprint density at radius 3 is 2.90 bits per heavy atom. The van der Waals surface area contributed by atoms with E-state index in [0.29, 0.717) is 12.6 Å². The minimum Gasteiger partial charge on any atom is -0.324 e. The van der Waals surface area contributed by atoms with Gasteiger partial charge in [0.2, 0.25) is 5.91 Å². The molecule has 0 aromatic heterocycles. The molecule has 1 amide bonds. The molecule has 0 bridgehead atoms. The van der Waals surface area contributed by atoms with Gasteiger partial charge in [-0.15, -0.1) is 0 Å². The number of nitrogens with one attached hydrogen (secondary N) is 1. The van der Waals surface area contributed by atoms with Gasteiger partial charge in [-0.2, -0.15) is 0 Å². The predicted molar refractivity (Wildman–Crippen MR) is 84.1 cm³/mol. The summed E-state index contributed by atoms with van der Waals surface area (Å²) in [5, 5.41) is 3.12. The molecule has 20 heavy (non-hydrogen) atoms. The highest BCUT2D eigenvalue weighted by molar-refractivity contribution is 5.93. The van der Waals surface area contributed by atoms with Gasteiger partial charge in [0.1, 0.15) is 0 Å². The van der Waals surface area contributed by atoms with Crippen LogP contribution in [0.4, 0.5) is 5.69 Å². The molecular formula is C17H26N2O. The first-order chi connectivity index (χ1) is 9.61. The van der Waals surface area contributed by atoms with E-state index in [1.807, 2.05) is 0 Å². The summed E-state index contributed by atoms with van der Waals surface area (Å²) in [5.74, 6) is 0.114. The molecule has 3 nitrogen and oxygen atoms in total. The molecule has 1 aliphatic heterocycles. The van der Waals surface area contributed by atoms with Crippen LogP contribution in [0.3, 0.4) is 0 Å². The number of aryl methyl sites for hydroxylation is 2. The maximum Gasteiger partial charge on any atom is 0.238 e. The van der Waals surface area contributed by atoms with E-state index in [9.17, 15) is 4.79 Å². The third kappa shape index (κ3) is 3.60. The standard InChI is InChI=1S/C17H26N2O/c1-4-15-10-7-8-13(2)17(15)18-16(20)12-19-11-6-5-9-14(19)3/h7-8,10,14H,4-6,9,11-12H2,1-3H3,(H,18,20)/t14-/m1/s1. The monoisotopic (exact) mass is 274 g/mol. The Kier molecular flexibility index (Phi) is 5.18. The van der Waals surface area contributed by atoms with Crippen molar-refractivity contribution < 1.29 is 4.79 Å². The van der Waals surface area contributed by atoms with Crippen molar-refractivity contribution in [2.24, 2.45) is 0 Å². The Morgan fingerprint density at radius 1 is 1.40 bits per heavy atom. The summed E-state index contributed by atoms with van der Waals surface area (Å²) < 4.78 is 0. The summed E-state index contributed by atoms with van der Waals surface area (Å²) in [6, 6.07) is 6.72. The zero-order valence-electron chi connectivity index (χ0n) is 12.9. The van der Waals surface area contributed by atoms with Crippen LogP contribution in [0.2, 0.25) is 0 Å². The van der Waals surface area contributed by atoms with E-state index in [-0.39, 0.29) is 5.91 Å². The van der Waals surface area contributed by atoms with Crippen LogP contribution in [0.15, 0.2) is 18.2 Å². The van der Waals surface area contributed by atoms with Crippen molar-refractivity contribution in [1.82, 2.24) is 4.90 Å². The molecule has 1 N–H and O–H groups in total. The summed E-state index contributed by atoms with van der Waals surface area (Å²) in [5.41, 5.74) is 3.36. The van der Waals surface area contributed by atoms with Gasteiger partial charge in [0.25, 0.3) is 0 Å². The molecule has 1 atom stereocenters. The van der Waals surface area contributed by atoms with Gasteiger partial charge < -0.3 is 5.32 Å². The van der Waals surface area contributed by atoms with E-state index in [1.54, 1.807) is 0 Å². The Labute approximate surface area is 122 Å². The summed E-state index contributed by atoms with van der Waals surface area (Å²) >= 11 is 0. The number of likely N-dealkylation sites (tertiary alicyclic amines) is 1. The van der Waals surface area contributed by atoms with Gasteiger partial charge in [-0.05, 0) is 50.8 Å². The highest BCUT2D eigenvalue weighted by Gasteiger charge is 2.21. The predicted octanol–water partition coefficient (Wildman–Crippen LogP) is 3.37. The number of benzene rings is 1. The van der Waals surface area contributed by atoms with Crippen LogP contribution in [0.1, 0.15) is 44.2 Å². The molecule has 0 unspecified atom stereocenters. The average Bonchev–Trinajstić information content (AvgIpc) is 2.43. The van der Waals surface area contributed by atoms with E-state index in [4.69, 9.17) is 0 Å². The quantitative estimate of drug-likeness (QED) is 0.913. The van der Waals surface area contributed by atoms with Crippen molar-refractivity contribution in [1.29, 1.82) is 0 Å². The van der Waals surface area contributed by atoms with E-state index < -0.39 is 0 Å². The molecule has 1 saturated heterocycles. The third-order valence-corrected chi connectivity index (χ3v) is 4.29. The van der Waals surface area contributed by atoms with Crippen molar-refractivity contribution in [2.45, 2.75) is 52.5 Å². The van der Waals surface area contributed by atoms with E-state index in [2.05, 4.69) is 49.2 Å². The number of para-hydroxylation sites is 1. The zero-order valence-corrected chi connectivity index (χ0v) is 12.9. The maximum absolute atomic E-state index is 12.3. The number of nitrogens with zero attached hydrogens (tertiary/aromatic N) is 1.